The molecule has 1 aromatic carbocycles. The Hall–Kier alpha value is -0.910. The van der Waals surface area contributed by atoms with Crippen LogP contribution in [0.3, 0.4) is 0 Å². The van der Waals surface area contributed by atoms with Crippen molar-refractivity contribution in [3.05, 3.63) is 28.8 Å². The Labute approximate surface area is 127 Å². The highest BCUT2D eigenvalue weighted by Gasteiger charge is 2.47. The van der Waals surface area contributed by atoms with Crippen LogP contribution in [-0.4, -0.2) is 30.8 Å². The van der Waals surface area contributed by atoms with Crippen molar-refractivity contribution in [2.45, 2.75) is 69.5 Å². The van der Waals surface area contributed by atoms with Crippen molar-refractivity contribution in [2.24, 2.45) is 5.73 Å². The first-order valence-electron chi connectivity index (χ1n) is 7.67. The smallest absolute Gasteiger partial charge is 0.244 e. The lowest BCUT2D eigenvalue weighted by Gasteiger charge is -2.37. The minimum absolute atomic E-state index is 0.0869. The van der Waals surface area contributed by atoms with Gasteiger partial charge in [-0.3, -0.25) is 0 Å². The highest BCUT2D eigenvalue weighted by molar-refractivity contribution is 7.89. The first kappa shape index (κ1) is 15.0. The van der Waals surface area contributed by atoms with Gasteiger partial charge >= 0.3 is 0 Å². The molecule has 2 unspecified atom stereocenters. The number of hydrogen-bond acceptors (Lipinski definition) is 3. The van der Waals surface area contributed by atoms with Gasteiger partial charge in [-0.15, -0.1) is 0 Å². The molecular weight excluding hydrogens is 284 g/mol. The molecule has 0 aromatic heterocycles. The summed E-state index contributed by atoms with van der Waals surface area (Å²) < 4.78 is 28.2. The van der Waals surface area contributed by atoms with Gasteiger partial charge in [0.1, 0.15) is 0 Å². The van der Waals surface area contributed by atoms with Gasteiger partial charge in [-0.05, 0) is 57.6 Å². The maximum Gasteiger partial charge on any atom is 0.244 e. The van der Waals surface area contributed by atoms with Crippen molar-refractivity contribution in [1.29, 1.82) is 0 Å². The van der Waals surface area contributed by atoms with Crippen LogP contribution < -0.4 is 5.73 Å². The third-order valence-corrected chi connectivity index (χ3v) is 7.15. The zero-order valence-electron chi connectivity index (χ0n) is 13.0. The van der Waals surface area contributed by atoms with E-state index >= 15 is 0 Å². The quantitative estimate of drug-likeness (QED) is 0.911. The second kappa shape index (κ2) is 5.07. The van der Waals surface area contributed by atoms with Gasteiger partial charge in [0.2, 0.25) is 10.0 Å². The second-order valence-corrected chi connectivity index (χ2v) is 8.46. The van der Waals surface area contributed by atoms with Crippen molar-refractivity contribution in [1.82, 2.24) is 4.31 Å². The summed E-state index contributed by atoms with van der Waals surface area (Å²) in [4.78, 5) is 0.500. The van der Waals surface area contributed by atoms with E-state index in [4.69, 9.17) is 5.73 Å². The maximum absolute atomic E-state index is 13.2. The molecule has 2 bridgehead atoms. The highest BCUT2D eigenvalue weighted by Crippen LogP contribution is 2.40. The molecule has 2 saturated heterocycles. The molecule has 5 heteroatoms. The van der Waals surface area contributed by atoms with Crippen LogP contribution in [0.2, 0.25) is 0 Å². The minimum Gasteiger partial charge on any atom is -0.328 e. The van der Waals surface area contributed by atoms with Crippen LogP contribution in [0.15, 0.2) is 17.0 Å². The average Bonchev–Trinajstić information content (AvgIpc) is 2.61. The van der Waals surface area contributed by atoms with E-state index in [1.165, 1.54) is 0 Å². The van der Waals surface area contributed by atoms with Crippen molar-refractivity contribution in [2.75, 3.05) is 0 Å². The predicted octanol–water partition coefficient (Wildman–Crippen LogP) is 2.25. The fourth-order valence-corrected chi connectivity index (χ4v) is 6.56. The van der Waals surface area contributed by atoms with Crippen LogP contribution in [0.25, 0.3) is 0 Å². The Balaban J connectivity index is 2.06. The molecule has 0 saturated carbocycles. The van der Waals surface area contributed by atoms with Gasteiger partial charge in [-0.1, -0.05) is 17.7 Å². The molecule has 4 nitrogen and oxygen atoms in total. The standard InChI is InChI=1S/C16H24N2O2S/c1-10-6-11(2)16(12(3)7-10)21(19,20)18-14-4-5-15(18)9-13(17)8-14/h6-7,13-15H,4-5,8-9,17H2,1-3H3. The maximum atomic E-state index is 13.2. The van der Waals surface area contributed by atoms with Gasteiger partial charge in [0.25, 0.3) is 0 Å². The molecule has 1 aromatic rings. The van der Waals surface area contributed by atoms with E-state index in [1.807, 2.05) is 32.9 Å². The van der Waals surface area contributed by atoms with Crippen LogP contribution in [0.1, 0.15) is 42.4 Å². The number of rotatable bonds is 2. The van der Waals surface area contributed by atoms with E-state index in [2.05, 4.69) is 0 Å². The van der Waals surface area contributed by atoms with Crippen LogP contribution in [0.4, 0.5) is 0 Å². The van der Waals surface area contributed by atoms with Crippen molar-refractivity contribution in [3.63, 3.8) is 0 Å². The highest BCUT2D eigenvalue weighted by atomic mass is 32.2. The summed E-state index contributed by atoms with van der Waals surface area (Å²) in [5.41, 5.74) is 8.86. The minimum atomic E-state index is -3.42. The van der Waals surface area contributed by atoms with Crippen molar-refractivity contribution >= 4 is 10.0 Å². The molecule has 0 spiro atoms. The number of fused-ring (bicyclic) bond motifs is 2. The van der Waals surface area contributed by atoms with Gasteiger partial charge in [0.15, 0.2) is 0 Å². The number of sulfonamides is 1. The van der Waals surface area contributed by atoms with E-state index in [0.29, 0.717) is 4.90 Å². The fourth-order valence-electron chi connectivity index (χ4n) is 4.25. The number of benzene rings is 1. The number of hydrogen-bond donors (Lipinski definition) is 1. The summed E-state index contributed by atoms with van der Waals surface area (Å²) in [6.45, 7) is 5.79. The summed E-state index contributed by atoms with van der Waals surface area (Å²) in [7, 11) is -3.42. The number of nitrogens with zero attached hydrogens (tertiary/aromatic N) is 1. The van der Waals surface area contributed by atoms with E-state index in [9.17, 15) is 8.42 Å². The van der Waals surface area contributed by atoms with E-state index in [-0.39, 0.29) is 18.1 Å². The van der Waals surface area contributed by atoms with Crippen LogP contribution in [0.5, 0.6) is 0 Å². The van der Waals surface area contributed by atoms with Gasteiger partial charge < -0.3 is 5.73 Å². The Morgan fingerprint density at radius 1 is 1.05 bits per heavy atom. The summed E-state index contributed by atoms with van der Waals surface area (Å²) in [5, 5.41) is 0. The third-order valence-electron chi connectivity index (χ3n) is 4.84. The molecule has 2 N–H and O–H groups in total. The second-order valence-electron chi connectivity index (χ2n) is 6.68. The lowest BCUT2D eigenvalue weighted by Crippen LogP contribution is -2.50. The first-order chi connectivity index (χ1) is 9.80. The van der Waals surface area contributed by atoms with Crippen LogP contribution >= 0.6 is 0 Å². The molecule has 2 heterocycles. The van der Waals surface area contributed by atoms with Gasteiger partial charge in [0, 0.05) is 18.1 Å². The third kappa shape index (κ3) is 2.41. The Kier molecular flexibility index (Phi) is 3.62. The summed E-state index contributed by atoms with van der Waals surface area (Å²) >= 11 is 0. The summed E-state index contributed by atoms with van der Waals surface area (Å²) in [5.74, 6) is 0. The van der Waals surface area contributed by atoms with Gasteiger partial charge in [0.05, 0.1) is 4.90 Å². The molecular formula is C16H24N2O2S. The summed E-state index contributed by atoms with van der Waals surface area (Å²) in [6, 6.07) is 4.23. The number of piperidine rings is 1. The Morgan fingerprint density at radius 3 is 2.00 bits per heavy atom. The van der Waals surface area contributed by atoms with Gasteiger partial charge in [-0.2, -0.15) is 4.31 Å². The van der Waals surface area contributed by atoms with Crippen molar-refractivity contribution < 1.29 is 8.42 Å². The lowest BCUT2D eigenvalue weighted by molar-refractivity contribution is 0.227. The molecule has 21 heavy (non-hydrogen) atoms. The van der Waals surface area contributed by atoms with Crippen LogP contribution in [-0.2, 0) is 10.0 Å². The molecule has 3 rings (SSSR count). The van der Waals surface area contributed by atoms with E-state index in [0.717, 1.165) is 42.4 Å². The lowest BCUT2D eigenvalue weighted by atomic mass is 10.0. The number of aryl methyl sites for hydroxylation is 3. The van der Waals surface area contributed by atoms with Crippen molar-refractivity contribution in [3.8, 4) is 0 Å². The molecule has 116 valence electrons. The van der Waals surface area contributed by atoms with E-state index < -0.39 is 10.0 Å². The molecule has 0 radical (unpaired) electrons. The Morgan fingerprint density at radius 2 is 1.52 bits per heavy atom. The molecule has 2 atom stereocenters. The predicted molar refractivity (Wildman–Crippen MR) is 83.7 cm³/mol. The largest absolute Gasteiger partial charge is 0.328 e. The first-order valence-corrected chi connectivity index (χ1v) is 9.11. The number of nitrogens with two attached hydrogens (primary N) is 1. The molecule has 2 aliphatic rings. The topological polar surface area (TPSA) is 63.4 Å². The molecule has 0 aliphatic carbocycles. The van der Waals surface area contributed by atoms with Crippen LogP contribution in [0, 0.1) is 20.8 Å². The SMILES string of the molecule is Cc1cc(C)c(S(=O)(=O)N2C3CCC2CC(N)C3)c(C)c1. The Bertz CT molecular complexity index is 632. The summed E-state index contributed by atoms with van der Waals surface area (Å²) in [6.07, 6.45) is 3.47. The fraction of sp³-hybridized carbons (Fsp3) is 0.625. The molecule has 2 aliphatic heterocycles. The zero-order valence-corrected chi connectivity index (χ0v) is 13.8. The molecule has 2 fully saturated rings. The van der Waals surface area contributed by atoms with Gasteiger partial charge in [-0.25, -0.2) is 8.42 Å². The monoisotopic (exact) mass is 308 g/mol. The zero-order chi connectivity index (χ0) is 15.4. The normalized spacial score (nSPS) is 29.8. The average molecular weight is 308 g/mol. The van der Waals surface area contributed by atoms with E-state index in [1.54, 1.807) is 4.31 Å². The molecule has 0 amide bonds.